The average Bonchev–Trinajstić information content (AvgIpc) is 3.13. The van der Waals surface area contributed by atoms with Crippen LogP contribution in [0.15, 0.2) is 65.5 Å². The zero-order chi connectivity index (χ0) is 18.5. The minimum absolute atomic E-state index is 0.189. The molecule has 3 rings (SSSR count). The molecule has 1 amide bonds. The number of benzene rings is 2. The van der Waals surface area contributed by atoms with Crippen molar-refractivity contribution in [1.82, 2.24) is 14.5 Å². The van der Waals surface area contributed by atoms with Crippen LogP contribution in [-0.2, 0) is 0 Å². The van der Waals surface area contributed by atoms with Gasteiger partial charge in [-0.05, 0) is 48.5 Å². The van der Waals surface area contributed by atoms with Crippen molar-refractivity contribution in [3.8, 4) is 11.4 Å². The van der Waals surface area contributed by atoms with Gasteiger partial charge in [-0.25, -0.2) is 9.37 Å². The third-order valence-electron chi connectivity index (χ3n) is 3.82. The van der Waals surface area contributed by atoms with Gasteiger partial charge in [0.25, 0.3) is 5.91 Å². The van der Waals surface area contributed by atoms with Crippen LogP contribution in [0.5, 0.6) is 5.75 Å². The molecule has 0 N–H and O–H groups in total. The highest BCUT2D eigenvalue weighted by Crippen LogP contribution is 2.16. The molecule has 0 atom stereocenters. The van der Waals surface area contributed by atoms with E-state index in [4.69, 9.17) is 4.74 Å². The molecular formula is C19H17BrFN3O2. The van der Waals surface area contributed by atoms with Crippen molar-refractivity contribution >= 4 is 21.8 Å². The van der Waals surface area contributed by atoms with Crippen molar-refractivity contribution in [2.45, 2.75) is 0 Å². The molecule has 0 aliphatic heterocycles. The first-order valence-corrected chi connectivity index (χ1v) is 8.76. The molecule has 0 radical (unpaired) electrons. The molecule has 0 aliphatic carbocycles. The molecule has 26 heavy (non-hydrogen) atoms. The van der Waals surface area contributed by atoms with Crippen LogP contribution in [0.3, 0.4) is 0 Å². The third kappa shape index (κ3) is 4.29. The fourth-order valence-corrected chi connectivity index (χ4v) is 2.65. The number of halogens is 2. The Kier molecular flexibility index (Phi) is 5.68. The normalized spacial score (nSPS) is 10.6. The van der Waals surface area contributed by atoms with Crippen LogP contribution in [0.4, 0.5) is 4.39 Å². The van der Waals surface area contributed by atoms with Gasteiger partial charge in [-0.2, -0.15) is 0 Å². The monoisotopic (exact) mass is 417 g/mol. The van der Waals surface area contributed by atoms with Crippen LogP contribution in [0, 0.1) is 5.82 Å². The van der Waals surface area contributed by atoms with E-state index in [2.05, 4.69) is 20.9 Å². The van der Waals surface area contributed by atoms with Crippen molar-refractivity contribution in [3.05, 3.63) is 77.0 Å². The molecule has 0 unspecified atom stereocenters. The second-order valence-electron chi connectivity index (χ2n) is 5.65. The van der Waals surface area contributed by atoms with Crippen LogP contribution in [0.1, 0.15) is 10.5 Å². The number of hydrogen-bond donors (Lipinski definition) is 0. The maximum absolute atomic E-state index is 13.1. The summed E-state index contributed by atoms with van der Waals surface area (Å²) in [6.45, 7) is 0.790. The highest BCUT2D eigenvalue weighted by Gasteiger charge is 2.17. The summed E-state index contributed by atoms with van der Waals surface area (Å²) >= 11 is 3.37. The minimum Gasteiger partial charge on any atom is -0.492 e. The van der Waals surface area contributed by atoms with E-state index in [1.54, 1.807) is 28.6 Å². The maximum atomic E-state index is 13.1. The number of carbonyl (C=O) groups excluding carboxylic acids is 1. The molecular weight excluding hydrogens is 401 g/mol. The summed E-state index contributed by atoms with van der Waals surface area (Å²) in [5.74, 6) is 0.223. The summed E-state index contributed by atoms with van der Waals surface area (Å²) in [7, 11) is 1.70. The van der Waals surface area contributed by atoms with Crippen LogP contribution >= 0.6 is 15.9 Å². The van der Waals surface area contributed by atoms with Crippen molar-refractivity contribution in [3.63, 3.8) is 0 Å². The van der Waals surface area contributed by atoms with E-state index < -0.39 is 0 Å². The Balaban J connectivity index is 1.63. The molecule has 1 aromatic heterocycles. The molecule has 0 spiro atoms. The van der Waals surface area contributed by atoms with Gasteiger partial charge in [0, 0.05) is 17.2 Å². The second-order valence-corrected chi connectivity index (χ2v) is 6.57. The Hall–Kier alpha value is -2.67. The second kappa shape index (κ2) is 8.14. The van der Waals surface area contributed by atoms with Gasteiger partial charge in [0.2, 0.25) is 0 Å². The summed E-state index contributed by atoms with van der Waals surface area (Å²) in [5, 5.41) is 0. The van der Waals surface area contributed by atoms with Crippen molar-refractivity contribution < 1.29 is 13.9 Å². The summed E-state index contributed by atoms with van der Waals surface area (Å²) in [4.78, 5) is 18.3. The smallest absolute Gasteiger partial charge is 0.272 e. The van der Waals surface area contributed by atoms with E-state index in [9.17, 15) is 9.18 Å². The minimum atomic E-state index is -0.330. The fraction of sp³-hybridized carbons (Fsp3) is 0.158. The molecule has 0 saturated carbocycles. The third-order valence-corrected chi connectivity index (χ3v) is 4.35. The molecule has 7 heteroatoms. The van der Waals surface area contributed by atoms with Crippen LogP contribution in [-0.4, -0.2) is 40.6 Å². The van der Waals surface area contributed by atoms with E-state index in [0.29, 0.717) is 24.5 Å². The van der Waals surface area contributed by atoms with Crippen molar-refractivity contribution in [2.75, 3.05) is 20.2 Å². The SMILES string of the molecule is CN(CCOc1ccc(Br)cc1)C(=O)c1cncn1-c1ccc(F)cc1. The summed E-state index contributed by atoms with van der Waals surface area (Å²) in [6, 6.07) is 13.4. The Bertz CT molecular complexity index is 879. The molecule has 2 aromatic carbocycles. The lowest BCUT2D eigenvalue weighted by atomic mass is 10.3. The molecule has 3 aromatic rings. The average molecular weight is 418 g/mol. The Morgan fingerprint density at radius 1 is 1.19 bits per heavy atom. The highest BCUT2D eigenvalue weighted by atomic mass is 79.9. The van der Waals surface area contributed by atoms with E-state index in [1.807, 2.05) is 24.3 Å². The van der Waals surface area contributed by atoms with Gasteiger partial charge in [0.15, 0.2) is 0 Å². The molecule has 1 heterocycles. The largest absolute Gasteiger partial charge is 0.492 e. The number of imidazole rings is 1. The zero-order valence-electron chi connectivity index (χ0n) is 14.1. The van der Waals surface area contributed by atoms with Crippen LogP contribution in [0.25, 0.3) is 5.69 Å². The zero-order valence-corrected chi connectivity index (χ0v) is 15.7. The number of likely N-dealkylation sites (N-methyl/N-ethyl adjacent to an activating group) is 1. The number of rotatable bonds is 6. The lowest BCUT2D eigenvalue weighted by Gasteiger charge is -2.18. The van der Waals surface area contributed by atoms with E-state index in [0.717, 1.165) is 10.2 Å². The van der Waals surface area contributed by atoms with Gasteiger partial charge in [-0.3, -0.25) is 9.36 Å². The Morgan fingerprint density at radius 3 is 2.58 bits per heavy atom. The van der Waals surface area contributed by atoms with Gasteiger partial charge in [-0.1, -0.05) is 15.9 Å². The number of ether oxygens (including phenoxy) is 1. The first kappa shape index (κ1) is 18.1. The van der Waals surface area contributed by atoms with Crippen molar-refractivity contribution in [2.24, 2.45) is 0 Å². The van der Waals surface area contributed by atoms with E-state index in [1.165, 1.54) is 24.7 Å². The standard InChI is InChI=1S/C19H17BrFN3O2/c1-23(10-11-26-17-8-2-14(20)3-9-17)19(25)18-12-22-13-24(18)16-6-4-15(21)5-7-16/h2-9,12-13H,10-11H2,1H3. The number of nitrogens with zero attached hydrogens (tertiary/aromatic N) is 3. The van der Waals surface area contributed by atoms with Gasteiger partial charge in [-0.15, -0.1) is 0 Å². The van der Waals surface area contributed by atoms with Gasteiger partial charge < -0.3 is 9.64 Å². The van der Waals surface area contributed by atoms with Crippen LogP contribution < -0.4 is 4.74 Å². The topological polar surface area (TPSA) is 47.4 Å². The molecule has 134 valence electrons. The molecule has 0 bridgehead atoms. The quantitative estimate of drug-likeness (QED) is 0.610. The number of hydrogen-bond acceptors (Lipinski definition) is 3. The molecule has 0 fully saturated rings. The first-order valence-electron chi connectivity index (χ1n) is 7.97. The summed E-state index contributed by atoms with van der Waals surface area (Å²) < 4.78 is 21.4. The van der Waals surface area contributed by atoms with E-state index in [-0.39, 0.29) is 11.7 Å². The van der Waals surface area contributed by atoms with Gasteiger partial charge in [0.1, 0.15) is 23.9 Å². The first-order chi connectivity index (χ1) is 12.5. The number of carbonyl (C=O) groups is 1. The Labute approximate surface area is 159 Å². The Morgan fingerprint density at radius 2 is 1.88 bits per heavy atom. The maximum Gasteiger partial charge on any atom is 0.272 e. The lowest BCUT2D eigenvalue weighted by molar-refractivity contribution is 0.0766. The van der Waals surface area contributed by atoms with Crippen molar-refractivity contribution in [1.29, 1.82) is 0 Å². The summed E-state index contributed by atoms with van der Waals surface area (Å²) in [5.41, 5.74) is 1.08. The lowest BCUT2D eigenvalue weighted by Crippen LogP contribution is -2.32. The number of amides is 1. The highest BCUT2D eigenvalue weighted by molar-refractivity contribution is 9.10. The molecule has 0 saturated heterocycles. The fourth-order valence-electron chi connectivity index (χ4n) is 2.39. The summed E-state index contributed by atoms with van der Waals surface area (Å²) in [6.07, 6.45) is 3.03. The van der Waals surface area contributed by atoms with E-state index >= 15 is 0 Å². The predicted octanol–water partition coefficient (Wildman–Crippen LogP) is 3.92. The van der Waals surface area contributed by atoms with Gasteiger partial charge in [0.05, 0.1) is 19.1 Å². The number of aromatic nitrogens is 2. The predicted molar refractivity (Wildman–Crippen MR) is 100 cm³/mol. The van der Waals surface area contributed by atoms with Gasteiger partial charge >= 0.3 is 0 Å². The molecule has 0 aliphatic rings. The molecule has 5 nitrogen and oxygen atoms in total. The van der Waals surface area contributed by atoms with Crippen LogP contribution in [0.2, 0.25) is 0 Å².